The molecule has 7 heteroatoms. The zero-order valence-corrected chi connectivity index (χ0v) is 13.4. The molecule has 5 nitrogen and oxygen atoms in total. The number of hydrogen-bond donors (Lipinski definition) is 2. The maximum absolute atomic E-state index is 12.3. The van der Waals surface area contributed by atoms with E-state index in [1.807, 2.05) is 6.92 Å². The van der Waals surface area contributed by atoms with Crippen molar-refractivity contribution in [2.24, 2.45) is 5.92 Å². The predicted molar refractivity (Wildman–Crippen MR) is 79.8 cm³/mol. The molecule has 2 fully saturated rings. The second-order valence-electron chi connectivity index (χ2n) is 5.72. The molecule has 3 atom stereocenters. The van der Waals surface area contributed by atoms with Crippen molar-refractivity contribution >= 4 is 22.6 Å². The summed E-state index contributed by atoms with van der Waals surface area (Å²) < 4.78 is 29.1. The Kier molecular flexibility index (Phi) is 6.53. The van der Waals surface area contributed by atoms with Gasteiger partial charge in [0.05, 0.1) is 0 Å². The van der Waals surface area contributed by atoms with Gasteiger partial charge in [-0.05, 0) is 45.1 Å². The summed E-state index contributed by atoms with van der Waals surface area (Å²) in [7, 11) is -3.31. The fourth-order valence-electron chi connectivity index (χ4n) is 2.84. The van der Waals surface area contributed by atoms with E-state index in [0.717, 1.165) is 32.2 Å². The topological polar surface area (TPSA) is 61.4 Å². The molecular formula is C12H26ClN3O2S. The first-order valence-electron chi connectivity index (χ1n) is 7.00. The van der Waals surface area contributed by atoms with Crippen LogP contribution in [-0.2, 0) is 10.2 Å². The fraction of sp³-hybridized carbons (Fsp3) is 1.00. The number of hydrogen-bond acceptors (Lipinski definition) is 3. The Morgan fingerprint density at radius 1 is 1.21 bits per heavy atom. The van der Waals surface area contributed by atoms with Crippen LogP contribution in [0.3, 0.4) is 0 Å². The lowest BCUT2D eigenvalue weighted by atomic mass is 10.0. The van der Waals surface area contributed by atoms with Crippen LogP contribution in [0, 0.1) is 5.92 Å². The Morgan fingerprint density at radius 2 is 1.95 bits per heavy atom. The van der Waals surface area contributed by atoms with Crippen LogP contribution in [0.2, 0.25) is 0 Å². The lowest BCUT2D eigenvalue weighted by Crippen LogP contribution is -2.56. The number of rotatable bonds is 3. The quantitative estimate of drug-likeness (QED) is 0.821. The molecule has 0 radical (unpaired) electrons. The summed E-state index contributed by atoms with van der Waals surface area (Å²) in [6.45, 7) is 6.47. The summed E-state index contributed by atoms with van der Waals surface area (Å²) in [5.41, 5.74) is 0. The highest BCUT2D eigenvalue weighted by Crippen LogP contribution is 2.19. The molecule has 0 amide bonds. The van der Waals surface area contributed by atoms with Crippen molar-refractivity contribution in [3.63, 3.8) is 0 Å². The van der Waals surface area contributed by atoms with Gasteiger partial charge in [0, 0.05) is 25.2 Å². The molecule has 0 aromatic carbocycles. The van der Waals surface area contributed by atoms with Gasteiger partial charge in [0.25, 0.3) is 10.2 Å². The van der Waals surface area contributed by atoms with E-state index in [-0.39, 0.29) is 24.5 Å². The lowest BCUT2D eigenvalue weighted by molar-refractivity contribution is 0.270. The first-order valence-corrected chi connectivity index (χ1v) is 8.44. The van der Waals surface area contributed by atoms with E-state index in [4.69, 9.17) is 0 Å². The molecule has 2 rings (SSSR count). The molecule has 2 heterocycles. The fourth-order valence-corrected chi connectivity index (χ4v) is 4.51. The number of piperidine rings is 2. The van der Waals surface area contributed by atoms with E-state index in [1.165, 1.54) is 0 Å². The van der Waals surface area contributed by atoms with Gasteiger partial charge in [-0.3, -0.25) is 0 Å². The Labute approximate surface area is 123 Å². The van der Waals surface area contributed by atoms with E-state index >= 15 is 0 Å². The van der Waals surface area contributed by atoms with E-state index < -0.39 is 10.2 Å². The van der Waals surface area contributed by atoms with Crippen LogP contribution in [0.1, 0.15) is 39.5 Å². The molecule has 114 valence electrons. The van der Waals surface area contributed by atoms with E-state index in [1.54, 1.807) is 4.31 Å². The third-order valence-corrected chi connectivity index (χ3v) is 5.63. The molecule has 0 bridgehead atoms. The third-order valence-electron chi connectivity index (χ3n) is 4.02. The number of nitrogens with one attached hydrogen (secondary N) is 2. The highest BCUT2D eigenvalue weighted by molar-refractivity contribution is 7.87. The van der Waals surface area contributed by atoms with Crippen LogP contribution in [0.25, 0.3) is 0 Å². The first kappa shape index (κ1) is 17.2. The molecule has 2 aliphatic rings. The monoisotopic (exact) mass is 311 g/mol. The van der Waals surface area contributed by atoms with Crippen LogP contribution in [-0.4, -0.2) is 44.4 Å². The van der Waals surface area contributed by atoms with Crippen molar-refractivity contribution in [1.29, 1.82) is 0 Å². The molecular weight excluding hydrogens is 286 g/mol. The van der Waals surface area contributed by atoms with Crippen LogP contribution >= 0.6 is 12.4 Å². The maximum atomic E-state index is 12.3. The summed E-state index contributed by atoms with van der Waals surface area (Å²) in [6, 6.07) is 0.247. The average molecular weight is 312 g/mol. The molecule has 0 aromatic heterocycles. The van der Waals surface area contributed by atoms with Gasteiger partial charge in [-0.15, -0.1) is 12.4 Å². The first-order chi connectivity index (χ1) is 8.49. The SMILES string of the molecule is CC1CCCN(S(=O)(=O)NC2CCCNC2C)C1.Cl. The maximum Gasteiger partial charge on any atom is 0.279 e. The molecule has 2 saturated heterocycles. The highest BCUT2D eigenvalue weighted by atomic mass is 35.5. The van der Waals surface area contributed by atoms with E-state index in [9.17, 15) is 8.42 Å². The normalized spacial score (nSPS) is 33.7. The number of nitrogens with zero attached hydrogens (tertiary/aromatic N) is 1. The molecule has 0 saturated carbocycles. The minimum Gasteiger partial charge on any atom is -0.313 e. The minimum absolute atomic E-state index is 0. The Morgan fingerprint density at radius 3 is 2.58 bits per heavy atom. The molecule has 3 unspecified atom stereocenters. The second kappa shape index (κ2) is 7.22. The summed E-state index contributed by atoms with van der Waals surface area (Å²) >= 11 is 0. The Bertz CT molecular complexity index is 377. The predicted octanol–water partition coefficient (Wildman–Crippen LogP) is 1.11. The van der Waals surface area contributed by atoms with Gasteiger partial charge < -0.3 is 5.32 Å². The zero-order valence-electron chi connectivity index (χ0n) is 11.8. The molecule has 19 heavy (non-hydrogen) atoms. The van der Waals surface area contributed by atoms with Gasteiger partial charge in [-0.2, -0.15) is 17.4 Å². The van der Waals surface area contributed by atoms with Gasteiger partial charge in [-0.25, -0.2) is 0 Å². The molecule has 0 aliphatic carbocycles. The minimum atomic E-state index is -3.31. The van der Waals surface area contributed by atoms with Gasteiger partial charge in [0.1, 0.15) is 0 Å². The third kappa shape index (κ3) is 4.56. The van der Waals surface area contributed by atoms with Gasteiger partial charge in [-0.1, -0.05) is 6.92 Å². The summed E-state index contributed by atoms with van der Waals surface area (Å²) in [6.07, 6.45) is 4.07. The number of halogens is 1. The van der Waals surface area contributed by atoms with Crippen molar-refractivity contribution in [2.75, 3.05) is 19.6 Å². The summed E-state index contributed by atoms with van der Waals surface area (Å²) in [5, 5.41) is 3.32. The van der Waals surface area contributed by atoms with E-state index in [2.05, 4.69) is 17.0 Å². The smallest absolute Gasteiger partial charge is 0.279 e. The van der Waals surface area contributed by atoms with Gasteiger partial charge in [0.15, 0.2) is 0 Å². The van der Waals surface area contributed by atoms with Gasteiger partial charge >= 0.3 is 0 Å². The lowest BCUT2D eigenvalue weighted by Gasteiger charge is -2.35. The summed E-state index contributed by atoms with van der Waals surface area (Å²) in [5.74, 6) is 0.470. The Hall–Kier alpha value is 0.120. The molecule has 2 aliphatic heterocycles. The van der Waals surface area contributed by atoms with Crippen molar-refractivity contribution < 1.29 is 8.42 Å². The van der Waals surface area contributed by atoms with Crippen molar-refractivity contribution in [3.8, 4) is 0 Å². The van der Waals surface area contributed by atoms with Crippen LogP contribution < -0.4 is 10.0 Å². The zero-order chi connectivity index (χ0) is 13.2. The second-order valence-corrected chi connectivity index (χ2v) is 7.42. The van der Waals surface area contributed by atoms with E-state index in [0.29, 0.717) is 19.0 Å². The van der Waals surface area contributed by atoms with Gasteiger partial charge in [0.2, 0.25) is 0 Å². The average Bonchev–Trinajstić information content (AvgIpc) is 2.32. The van der Waals surface area contributed by atoms with Crippen molar-refractivity contribution in [3.05, 3.63) is 0 Å². The summed E-state index contributed by atoms with van der Waals surface area (Å²) in [4.78, 5) is 0. The molecule has 0 spiro atoms. The Balaban J connectivity index is 0.00000180. The van der Waals surface area contributed by atoms with Crippen LogP contribution in [0.5, 0.6) is 0 Å². The standard InChI is InChI=1S/C12H25N3O2S.ClH/c1-10-5-4-8-15(9-10)18(16,17)14-12-6-3-7-13-11(12)2;/h10-14H,3-9H2,1-2H3;1H. The van der Waals surface area contributed by atoms with Crippen molar-refractivity contribution in [2.45, 2.75) is 51.6 Å². The largest absolute Gasteiger partial charge is 0.313 e. The molecule has 2 N–H and O–H groups in total. The molecule has 0 aromatic rings. The van der Waals surface area contributed by atoms with Crippen LogP contribution in [0.15, 0.2) is 0 Å². The van der Waals surface area contributed by atoms with Crippen molar-refractivity contribution in [1.82, 2.24) is 14.3 Å². The van der Waals surface area contributed by atoms with Crippen LogP contribution in [0.4, 0.5) is 0 Å². The highest BCUT2D eigenvalue weighted by Gasteiger charge is 2.31.